The summed E-state index contributed by atoms with van der Waals surface area (Å²) in [6.45, 7) is 0.329. The van der Waals surface area contributed by atoms with E-state index in [1.807, 2.05) is 0 Å². The van der Waals surface area contributed by atoms with Gasteiger partial charge in [-0.15, -0.1) is 0 Å². The number of Topliss-reactive ketones (excluding diaryl/α,β-unsaturated/α-hetero) is 1. The van der Waals surface area contributed by atoms with Crippen LogP contribution < -0.4 is 10.5 Å². The maximum absolute atomic E-state index is 12.6. The summed E-state index contributed by atoms with van der Waals surface area (Å²) in [5.41, 5.74) is 6.52. The third-order valence-corrected chi connectivity index (χ3v) is 7.27. The Bertz CT molecular complexity index is 1120. The normalized spacial score (nSPS) is 22.6. The van der Waals surface area contributed by atoms with Crippen molar-refractivity contribution in [2.75, 3.05) is 19.4 Å². The Morgan fingerprint density at radius 3 is 2.83 bits per heavy atom. The first-order chi connectivity index (χ1) is 13.7. The molecule has 1 atom stereocenters. The molecule has 1 spiro atoms. The van der Waals surface area contributed by atoms with Gasteiger partial charge in [0.2, 0.25) is 16.0 Å². The Morgan fingerprint density at radius 2 is 2.14 bits per heavy atom. The van der Waals surface area contributed by atoms with Crippen molar-refractivity contribution in [3.63, 3.8) is 0 Å². The quantitative estimate of drug-likeness (QED) is 0.735. The molecule has 3 heterocycles. The van der Waals surface area contributed by atoms with Gasteiger partial charge in [-0.2, -0.15) is 0 Å². The van der Waals surface area contributed by atoms with Crippen molar-refractivity contribution in [3.05, 3.63) is 58.4 Å². The Labute approximate surface area is 173 Å². The first-order valence-corrected chi connectivity index (χ1v) is 10.9. The van der Waals surface area contributed by atoms with Gasteiger partial charge in [0.05, 0.1) is 17.4 Å². The maximum atomic E-state index is 12.6. The summed E-state index contributed by atoms with van der Waals surface area (Å²) in [5, 5.41) is 0.452. The summed E-state index contributed by atoms with van der Waals surface area (Å²) >= 11 is 5.82. The number of aliphatic imine (C=N–C) groups is 1. The third kappa shape index (κ3) is 3.56. The summed E-state index contributed by atoms with van der Waals surface area (Å²) < 4.78 is 31.9. The number of hydrogen-bond donors (Lipinski definition) is 1. The molecule has 29 heavy (non-hydrogen) atoms. The van der Waals surface area contributed by atoms with Crippen LogP contribution in [0.25, 0.3) is 0 Å². The SMILES string of the molecule is CN1C(N)=N[C@@]2(CCOc3ccc(CC(=O)c4ccc(Cl)cn4)cc32)CS1(=O)=O. The highest BCUT2D eigenvalue weighted by molar-refractivity contribution is 7.89. The van der Waals surface area contributed by atoms with Crippen LogP contribution in [0.5, 0.6) is 5.75 Å². The van der Waals surface area contributed by atoms with E-state index < -0.39 is 15.6 Å². The zero-order chi connectivity index (χ0) is 20.8. The molecule has 1 aromatic carbocycles. The monoisotopic (exact) mass is 434 g/mol. The number of ether oxygens (including phenoxy) is 1. The first kappa shape index (κ1) is 19.7. The van der Waals surface area contributed by atoms with E-state index in [0.717, 1.165) is 4.31 Å². The molecule has 0 unspecified atom stereocenters. The van der Waals surface area contributed by atoms with Gasteiger partial charge < -0.3 is 10.5 Å². The molecule has 2 aromatic rings. The summed E-state index contributed by atoms with van der Waals surface area (Å²) in [6.07, 6.45) is 1.90. The Kier molecular flexibility index (Phi) is 4.74. The van der Waals surface area contributed by atoms with Gasteiger partial charge in [-0.3, -0.25) is 9.78 Å². The van der Waals surface area contributed by atoms with E-state index in [1.54, 1.807) is 30.3 Å². The zero-order valence-corrected chi connectivity index (χ0v) is 17.2. The van der Waals surface area contributed by atoms with Crippen LogP contribution in [0, 0.1) is 0 Å². The number of benzene rings is 1. The van der Waals surface area contributed by atoms with Crippen LogP contribution in [0.4, 0.5) is 0 Å². The molecular weight excluding hydrogens is 416 g/mol. The molecule has 0 bridgehead atoms. The van der Waals surface area contributed by atoms with Gasteiger partial charge in [-0.25, -0.2) is 17.7 Å². The molecule has 2 aliphatic heterocycles. The standard InChI is InChI=1S/C19H19ClN4O4S/c1-24-18(21)23-19(11-29(24,26)27)6-7-28-17-5-2-12(8-14(17)19)9-16(25)15-4-3-13(20)10-22-15/h2-5,8,10H,6-7,9,11H2,1H3,(H2,21,23)/t19-/m0/s1. The zero-order valence-electron chi connectivity index (χ0n) is 15.6. The highest BCUT2D eigenvalue weighted by Gasteiger charge is 2.46. The Morgan fingerprint density at radius 1 is 1.34 bits per heavy atom. The average molecular weight is 435 g/mol. The number of hydrogen-bond acceptors (Lipinski definition) is 7. The number of nitrogens with zero attached hydrogens (tertiary/aromatic N) is 3. The second-order valence-electron chi connectivity index (χ2n) is 7.12. The molecule has 2 aliphatic rings. The predicted molar refractivity (Wildman–Crippen MR) is 109 cm³/mol. The van der Waals surface area contributed by atoms with Gasteiger partial charge in [0, 0.05) is 31.6 Å². The van der Waals surface area contributed by atoms with Crippen LogP contribution in [0.3, 0.4) is 0 Å². The van der Waals surface area contributed by atoms with Crippen LogP contribution >= 0.6 is 11.6 Å². The van der Waals surface area contributed by atoms with Crippen molar-refractivity contribution in [2.24, 2.45) is 10.7 Å². The number of halogens is 1. The molecular formula is C19H19ClN4O4S. The fourth-order valence-corrected chi connectivity index (χ4v) is 5.19. The largest absolute Gasteiger partial charge is 0.493 e. The van der Waals surface area contributed by atoms with Gasteiger partial charge in [0.1, 0.15) is 17.0 Å². The summed E-state index contributed by atoms with van der Waals surface area (Å²) in [4.78, 5) is 21.2. The van der Waals surface area contributed by atoms with E-state index in [-0.39, 0.29) is 23.9 Å². The number of nitrogens with two attached hydrogens (primary N) is 1. The molecule has 2 N–H and O–H groups in total. The Hall–Kier alpha value is -2.65. The highest BCUT2D eigenvalue weighted by atomic mass is 35.5. The van der Waals surface area contributed by atoms with Crippen LogP contribution in [0.2, 0.25) is 5.02 Å². The fourth-order valence-electron chi connectivity index (χ4n) is 3.59. The number of pyridine rings is 1. The number of fused-ring (bicyclic) bond motifs is 2. The molecule has 152 valence electrons. The molecule has 0 amide bonds. The molecule has 4 rings (SSSR count). The summed E-state index contributed by atoms with van der Waals surface area (Å²) in [6, 6.07) is 8.48. The lowest BCUT2D eigenvalue weighted by molar-refractivity contribution is 0.0988. The van der Waals surface area contributed by atoms with E-state index in [0.29, 0.717) is 40.6 Å². The number of sulfonamides is 1. The minimum absolute atomic E-state index is 0.0593. The van der Waals surface area contributed by atoms with Gasteiger partial charge in [-0.1, -0.05) is 17.7 Å². The molecule has 0 aliphatic carbocycles. The lowest BCUT2D eigenvalue weighted by atomic mass is 9.85. The number of aromatic nitrogens is 1. The highest BCUT2D eigenvalue weighted by Crippen LogP contribution is 2.43. The van der Waals surface area contributed by atoms with Gasteiger partial charge in [0.15, 0.2) is 5.78 Å². The molecule has 0 fully saturated rings. The number of carbonyl (C=O) groups excluding carboxylic acids is 1. The van der Waals surface area contributed by atoms with Crippen molar-refractivity contribution in [1.29, 1.82) is 0 Å². The van der Waals surface area contributed by atoms with Crippen LogP contribution in [0.1, 0.15) is 28.0 Å². The van der Waals surface area contributed by atoms with Crippen LogP contribution in [-0.2, 0) is 22.0 Å². The van der Waals surface area contributed by atoms with Gasteiger partial charge >= 0.3 is 0 Å². The summed E-state index contributed by atoms with van der Waals surface area (Å²) in [5.74, 6) is 0.111. The van der Waals surface area contributed by atoms with E-state index in [1.165, 1.54) is 13.2 Å². The molecule has 8 nitrogen and oxygen atoms in total. The predicted octanol–water partition coefficient (Wildman–Crippen LogP) is 1.73. The van der Waals surface area contributed by atoms with Crippen molar-refractivity contribution >= 4 is 33.4 Å². The number of carbonyl (C=O) groups is 1. The number of rotatable bonds is 3. The third-order valence-electron chi connectivity index (χ3n) is 5.19. The van der Waals surface area contributed by atoms with Crippen LogP contribution in [-0.4, -0.2) is 48.9 Å². The molecule has 0 saturated carbocycles. The molecule has 0 saturated heterocycles. The van der Waals surface area contributed by atoms with Crippen molar-refractivity contribution in [3.8, 4) is 5.75 Å². The smallest absolute Gasteiger partial charge is 0.239 e. The molecule has 0 radical (unpaired) electrons. The summed E-state index contributed by atoms with van der Waals surface area (Å²) in [7, 11) is -2.23. The second kappa shape index (κ2) is 7.00. The molecule has 1 aromatic heterocycles. The maximum Gasteiger partial charge on any atom is 0.239 e. The lowest BCUT2D eigenvalue weighted by Gasteiger charge is -2.40. The van der Waals surface area contributed by atoms with Crippen molar-refractivity contribution in [1.82, 2.24) is 9.29 Å². The van der Waals surface area contributed by atoms with E-state index in [9.17, 15) is 13.2 Å². The minimum atomic E-state index is -3.61. The van der Waals surface area contributed by atoms with E-state index in [2.05, 4.69) is 9.98 Å². The van der Waals surface area contributed by atoms with Gasteiger partial charge in [-0.05, 0) is 29.8 Å². The van der Waals surface area contributed by atoms with Gasteiger partial charge in [0.25, 0.3) is 0 Å². The average Bonchev–Trinajstić information content (AvgIpc) is 2.67. The molecule has 10 heteroatoms. The number of guanidine groups is 1. The van der Waals surface area contributed by atoms with Crippen molar-refractivity contribution < 1.29 is 17.9 Å². The minimum Gasteiger partial charge on any atom is -0.493 e. The fraction of sp³-hybridized carbons (Fsp3) is 0.316. The first-order valence-electron chi connectivity index (χ1n) is 8.93. The number of ketones is 1. The lowest BCUT2D eigenvalue weighted by Crippen LogP contribution is -2.52. The van der Waals surface area contributed by atoms with E-state index >= 15 is 0 Å². The van der Waals surface area contributed by atoms with E-state index in [4.69, 9.17) is 22.1 Å². The van der Waals surface area contributed by atoms with Crippen molar-refractivity contribution in [2.45, 2.75) is 18.4 Å². The Balaban J connectivity index is 1.71. The van der Waals surface area contributed by atoms with Crippen LogP contribution in [0.15, 0.2) is 41.5 Å². The topological polar surface area (TPSA) is 115 Å². The second-order valence-corrected chi connectivity index (χ2v) is 9.55.